The number of hydrogen-bond donors (Lipinski definition) is 1. The van der Waals surface area contributed by atoms with Gasteiger partial charge < -0.3 is 15.0 Å². The zero-order valence-electron chi connectivity index (χ0n) is 23.2. The summed E-state index contributed by atoms with van der Waals surface area (Å²) in [7, 11) is -3.60. The monoisotopic (exact) mass is 599 g/mol. The van der Waals surface area contributed by atoms with Gasteiger partial charge in [-0.2, -0.15) is 0 Å². The molecule has 8 nitrogen and oxygen atoms in total. The summed E-state index contributed by atoms with van der Waals surface area (Å²) < 4.78 is 31.8. The summed E-state index contributed by atoms with van der Waals surface area (Å²) in [5.74, 6) is 0.387. The second-order valence-corrected chi connectivity index (χ2v) is 12.4. The van der Waals surface area contributed by atoms with Crippen LogP contribution in [0.3, 0.4) is 0 Å². The van der Waals surface area contributed by atoms with Crippen molar-refractivity contribution < 1.29 is 22.7 Å². The molecule has 0 aliphatic carbocycles. The summed E-state index contributed by atoms with van der Waals surface area (Å²) in [6, 6.07) is 11.1. The second-order valence-electron chi connectivity index (χ2n) is 9.69. The highest BCUT2D eigenvalue weighted by Gasteiger charge is 2.29. The van der Waals surface area contributed by atoms with E-state index in [1.54, 1.807) is 42.5 Å². The summed E-state index contributed by atoms with van der Waals surface area (Å²) in [5, 5.41) is 3.79. The molecule has 0 radical (unpaired) electrons. The van der Waals surface area contributed by atoms with E-state index in [1.165, 1.54) is 9.21 Å². The van der Waals surface area contributed by atoms with Gasteiger partial charge in [0.1, 0.15) is 11.8 Å². The summed E-state index contributed by atoms with van der Waals surface area (Å²) in [4.78, 5) is 28.1. The minimum absolute atomic E-state index is 0.0439. The van der Waals surface area contributed by atoms with Gasteiger partial charge in [-0.3, -0.25) is 13.9 Å². The molecule has 0 aliphatic rings. The van der Waals surface area contributed by atoms with E-state index in [0.717, 1.165) is 6.26 Å². The van der Waals surface area contributed by atoms with Gasteiger partial charge in [-0.05, 0) is 67.6 Å². The average molecular weight is 601 g/mol. The number of nitrogens with zero attached hydrogens (tertiary/aromatic N) is 2. The van der Waals surface area contributed by atoms with Gasteiger partial charge in [0.25, 0.3) is 0 Å². The molecule has 2 amide bonds. The van der Waals surface area contributed by atoms with Crippen molar-refractivity contribution in [3.63, 3.8) is 0 Å². The first-order chi connectivity index (χ1) is 18.4. The van der Waals surface area contributed by atoms with Crippen molar-refractivity contribution >= 4 is 50.7 Å². The van der Waals surface area contributed by atoms with Gasteiger partial charge in [0.15, 0.2) is 0 Å². The van der Waals surface area contributed by atoms with Crippen molar-refractivity contribution in [2.45, 2.75) is 59.5 Å². The predicted octanol–water partition coefficient (Wildman–Crippen LogP) is 5.52. The fourth-order valence-corrected chi connectivity index (χ4v) is 5.49. The Kier molecular flexibility index (Phi) is 12.9. The second kappa shape index (κ2) is 15.3. The number of rotatable bonds is 15. The minimum Gasteiger partial charge on any atom is -0.494 e. The molecular weight excluding hydrogens is 561 g/mol. The summed E-state index contributed by atoms with van der Waals surface area (Å²) in [5.41, 5.74) is 1.15. The molecule has 39 heavy (non-hydrogen) atoms. The normalized spacial score (nSPS) is 12.2. The number of amides is 2. The Bertz CT molecular complexity index is 1210. The number of anilines is 1. The lowest BCUT2D eigenvalue weighted by Crippen LogP contribution is -2.49. The maximum absolute atomic E-state index is 13.5. The third-order valence-corrected chi connectivity index (χ3v) is 7.80. The molecule has 0 spiro atoms. The Labute approximate surface area is 242 Å². The number of sulfonamides is 1. The van der Waals surface area contributed by atoms with Crippen LogP contribution in [-0.4, -0.2) is 57.1 Å². The van der Waals surface area contributed by atoms with Gasteiger partial charge in [-0.1, -0.05) is 50.0 Å². The summed E-state index contributed by atoms with van der Waals surface area (Å²) in [6.07, 6.45) is 1.84. The van der Waals surface area contributed by atoms with E-state index in [9.17, 15) is 18.0 Å². The largest absolute Gasteiger partial charge is 0.494 e. The highest BCUT2D eigenvalue weighted by molar-refractivity contribution is 7.92. The van der Waals surface area contributed by atoms with Gasteiger partial charge in [0, 0.05) is 36.1 Å². The number of ether oxygens (including phenoxy) is 1. The van der Waals surface area contributed by atoms with Crippen LogP contribution in [0.1, 0.15) is 52.5 Å². The van der Waals surface area contributed by atoms with E-state index >= 15 is 0 Å². The Morgan fingerprint density at radius 3 is 2.26 bits per heavy atom. The van der Waals surface area contributed by atoms with E-state index in [2.05, 4.69) is 5.32 Å². The lowest BCUT2D eigenvalue weighted by atomic mass is 10.1. The van der Waals surface area contributed by atoms with Crippen molar-refractivity contribution in [2.75, 3.05) is 30.3 Å². The summed E-state index contributed by atoms with van der Waals surface area (Å²) in [6.45, 7) is 8.93. The molecular formula is C28H39Cl2N3O5S. The molecule has 2 rings (SSSR count). The molecule has 0 aliphatic heterocycles. The highest BCUT2D eigenvalue weighted by atomic mass is 35.5. The first-order valence-corrected chi connectivity index (χ1v) is 15.7. The van der Waals surface area contributed by atoms with Crippen molar-refractivity contribution in [3.8, 4) is 5.75 Å². The molecule has 1 atom stereocenters. The number of carbonyl (C=O) groups excluding carboxylic acids is 2. The maximum atomic E-state index is 13.5. The molecule has 0 saturated heterocycles. The van der Waals surface area contributed by atoms with E-state index in [4.69, 9.17) is 27.9 Å². The van der Waals surface area contributed by atoms with Gasteiger partial charge in [0.05, 0.1) is 18.6 Å². The smallest absolute Gasteiger partial charge is 0.242 e. The van der Waals surface area contributed by atoms with Crippen LogP contribution in [-0.2, 0) is 26.2 Å². The van der Waals surface area contributed by atoms with Gasteiger partial charge >= 0.3 is 0 Å². The van der Waals surface area contributed by atoms with Crippen LogP contribution >= 0.6 is 23.2 Å². The third-order valence-electron chi connectivity index (χ3n) is 6.01. The standard InChI is InChI=1S/C28H39Cl2N3O5S/c1-6-26(28(35)31-18-20(3)4)32(19-21-10-11-22(29)17-25(21)30)27(34)9-8-16-33(39(5,36)37)23-12-14-24(15-13-23)38-7-2/h10-15,17,20,26H,6-9,16,18-19H2,1-5H3,(H,31,35). The number of nitrogens with one attached hydrogen (secondary N) is 1. The summed E-state index contributed by atoms with van der Waals surface area (Å²) >= 11 is 12.4. The molecule has 2 aromatic carbocycles. The molecule has 0 aromatic heterocycles. The Morgan fingerprint density at radius 2 is 1.72 bits per heavy atom. The molecule has 0 bridgehead atoms. The average Bonchev–Trinajstić information content (AvgIpc) is 2.86. The number of benzene rings is 2. The van der Waals surface area contributed by atoms with E-state index in [0.29, 0.717) is 46.6 Å². The van der Waals surface area contributed by atoms with E-state index in [1.807, 2.05) is 27.7 Å². The Morgan fingerprint density at radius 1 is 1.05 bits per heavy atom. The van der Waals surface area contributed by atoms with Crippen LogP contribution in [0, 0.1) is 5.92 Å². The van der Waals surface area contributed by atoms with Crippen LogP contribution in [0.4, 0.5) is 5.69 Å². The van der Waals surface area contributed by atoms with Crippen molar-refractivity contribution in [1.29, 1.82) is 0 Å². The lowest BCUT2D eigenvalue weighted by molar-refractivity contribution is -0.141. The number of hydrogen-bond acceptors (Lipinski definition) is 5. The highest BCUT2D eigenvalue weighted by Crippen LogP contribution is 2.25. The number of carbonyl (C=O) groups is 2. The lowest BCUT2D eigenvalue weighted by Gasteiger charge is -2.31. The molecule has 0 heterocycles. The van der Waals surface area contributed by atoms with Crippen molar-refractivity contribution in [1.82, 2.24) is 10.2 Å². The quantitative estimate of drug-likeness (QED) is 0.291. The van der Waals surface area contributed by atoms with Crippen LogP contribution < -0.4 is 14.4 Å². The molecule has 11 heteroatoms. The molecule has 1 N–H and O–H groups in total. The fourth-order valence-electron chi connectivity index (χ4n) is 4.05. The number of halogens is 2. The zero-order chi connectivity index (χ0) is 29.2. The Balaban J connectivity index is 2.23. The molecule has 2 aromatic rings. The first-order valence-electron chi connectivity index (χ1n) is 13.1. The van der Waals surface area contributed by atoms with Gasteiger partial charge in [0.2, 0.25) is 21.8 Å². The zero-order valence-corrected chi connectivity index (χ0v) is 25.6. The van der Waals surface area contributed by atoms with Crippen LogP contribution in [0.5, 0.6) is 5.75 Å². The van der Waals surface area contributed by atoms with E-state index < -0.39 is 16.1 Å². The van der Waals surface area contributed by atoms with Gasteiger partial charge in [-0.25, -0.2) is 8.42 Å². The van der Waals surface area contributed by atoms with E-state index in [-0.39, 0.29) is 43.7 Å². The fraction of sp³-hybridized carbons (Fsp3) is 0.500. The SMILES string of the molecule is CCOc1ccc(N(CCCC(=O)N(Cc2ccc(Cl)cc2Cl)C(CC)C(=O)NCC(C)C)S(C)(=O)=O)cc1. The molecule has 1 unspecified atom stereocenters. The topological polar surface area (TPSA) is 96.0 Å². The predicted molar refractivity (Wildman–Crippen MR) is 158 cm³/mol. The molecule has 216 valence electrons. The molecule has 0 fully saturated rings. The van der Waals surface area contributed by atoms with Crippen molar-refractivity contribution in [2.24, 2.45) is 5.92 Å². The Hall–Kier alpha value is -2.49. The maximum Gasteiger partial charge on any atom is 0.242 e. The first kappa shape index (κ1) is 32.7. The minimum atomic E-state index is -3.60. The third kappa shape index (κ3) is 10.2. The van der Waals surface area contributed by atoms with Crippen molar-refractivity contribution in [3.05, 3.63) is 58.1 Å². The van der Waals surface area contributed by atoms with Crippen LogP contribution in [0.15, 0.2) is 42.5 Å². The van der Waals surface area contributed by atoms with Crippen LogP contribution in [0.25, 0.3) is 0 Å². The molecule has 0 saturated carbocycles. The van der Waals surface area contributed by atoms with Gasteiger partial charge in [-0.15, -0.1) is 0 Å². The van der Waals surface area contributed by atoms with Crippen LogP contribution in [0.2, 0.25) is 10.0 Å².